The minimum absolute atomic E-state index is 0.0434. The van der Waals surface area contributed by atoms with Crippen molar-refractivity contribution in [2.75, 3.05) is 18.1 Å². The lowest BCUT2D eigenvalue weighted by Gasteiger charge is -2.38. The molecule has 7 heteroatoms. The number of halogens is 1. The molecule has 3 atom stereocenters. The van der Waals surface area contributed by atoms with Crippen LogP contribution in [0.25, 0.3) is 0 Å². The highest BCUT2D eigenvalue weighted by Gasteiger charge is 2.45. The van der Waals surface area contributed by atoms with Crippen LogP contribution >= 0.6 is 0 Å². The second kappa shape index (κ2) is 6.08. The lowest BCUT2D eigenvalue weighted by atomic mass is 10.1. The Morgan fingerprint density at radius 3 is 2.83 bits per heavy atom. The van der Waals surface area contributed by atoms with Crippen LogP contribution in [0.4, 0.5) is 10.3 Å². The van der Waals surface area contributed by atoms with Crippen molar-refractivity contribution < 1.29 is 13.9 Å². The van der Waals surface area contributed by atoms with E-state index in [2.05, 4.69) is 19.9 Å². The predicted octanol–water partition coefficient (Wildman–Crippen LogP) is 1.83. The third kappa shape index (κ3) is 2.84. The van der Waals surface area contributed by atoms with E-state index < -0.39 is 5.82 Å². The molecule has 0 bridgehead atoms. The van der Waals surface area contributed by atoms with Crippen LogP contribution in [0.2, 0.25) is 0 Å². The summed E-state index contributed by atoms with van der Waals surface area (Å²) in [6.45, 7) is 1.27. The maximum Gasteiger partial charge on any atom is 0.225 e. The zero-order chi connectivity index (χ0) is 15.6. The Bertz CT molecular complexity index is 655. The van der Waals surface area contributed by atoms with Gasteiger partial charge in [0.25, 0.3) is 0 Å². The summed E-state index contributed by atoms with van der Waals surface area (Å²) in [5, 5.41) is 0. The van der Waals surface area contributed by atoms with Crippen LogP contribution in [0.15, 0.2) is 36.8 Å². The normalized spacial score (nSPS) is 26.8. The highest BCUT2D eigenvalue weighted by Crippen LogP contribution is 2.34. The number of hydrogen-bond donors (Lipinski definition) is 0. The van der Waals surface area contributed by atoms with E-state index >= 15 is 0 Å². The van der Waals surface area contributed by atoms with Crippen molar-refractivity contribution in [3.63, 3.8) is 0 Å². The number of ether oxygens (including phenoxy) is 2. The van der Waals surface area contributed by atoms with Crippen molar-refractivity contribution in [1.82, 2.24) is 15.0 Å². The maximum atomic E-state index is 13.0. The number of morpholine rings is 1. The topological polar surface area (TPSA) is 60.4 Å². The molecule has 0 radical (unpaired) electrons. The average molecular weight is 316 g/mol. The van der Waals surface area contributed by atoms with E-state index in [1.165, 1.54) is 12.4 Å². The van der Waals surface area contributed by atoms with Crippen LogP contribution in [0, 0.1) is 5.82 Å². The lowest BCUT2D eigenvalue weighted by Crippen LogP contribution is -2.53. The molecule has 4 rings (SSSR count). The van der Waals surface area contributed by atoms with Gasteiger partial charge in [-0.05, 0) is 18.9 Å². The molecule has 0 spiro atoms. The molecule has 6 nitrogen and oxygen atoms in total. The Kier molecular flexibility index (Phi) is 3.78. The number of rotatable bonds is 3. The van der Waals surface area contributed by atoms with E-state index in [4.69, 9.17) is 9.47 Å². The van der Waals surface area contributed by atoms with Crippen LogP contribution in [-0.4, -0.2) is 46.4 Å². The first-order valence-electron chi connectivity index (χ1n) is 7.75. The Hall–Kier alpha value is -2.28. The molecule has 23 heavy (non-hydrogen) atoms. The van der Waals surface area contributed by atoms with Gasteiger partial charge in [-0.25, -0.2) is 19.3 Å². The van der Waals surface area contributed by atoms with Gasteiger partial charge in [0.2, 0.25) is 11.8 Å². The summed E-state index contributed by atoms with van der Waals surface area (Å²) in [7, 11) is 0. The monoisotopic (exact) mass is 316 g/mol. The van der Waals surface area contributed by atoms with Crippen molar-refractivity contribution >= 4 is 5.95 Å². The highest BCUT2D eigenvalue weighted by molar-refractivity contribution is 5.33. The lowest BCUT2D eigenvalue weighted by molar-refractivity contribution is -0.0323. The second-order valence-corrected chi connectivity index (χ2v) is 5.70. The van der Waals surface area contributed by atoms with E-state index in [1.54, 1.807) is 6.20 Å². The highest BCUT2D eigenvalue weighted by atomic mass is 19.1. The number of pyridine rings is 1. The van der Waals surface area contributed by atoms with Crippen LogP contribution in [0.3, 0.4) is 0 Å². The average Bonchev–Trinajstić information content (AvgIpc) is 3.00. The first-order chi connectivity index (χ1) is 11.3. The van der Waals surface area contributed by atoms with E-state index in [0.717, 1.165) is 12.8 Å². The van der Waals surface area contributed by atoms with Crippen molar-refractivity contribution in [1.29, 1.82) is 0 Å². The van der Waals surface area contributed by atoms with Crippen molar-refractivity contribution in [2.24, 2.45) is 0 Å². The van der Waals surface area contributed by atoms with Gasteiger partial charge in [0.1, 0.15) is 12.2 Å². The molecule has 1 aliphatic carbocycles. The molecule has 2 aliphatic rings. The number of anilines is 1. The molecule has 1 aliphatic heterocycles. The number of fused-ring (bicyclic) bond motifs is 1. The van der Waals surface area contributed by atoms with Crippen LogP contribution in [0.1, 0.15) is 12.8 Å². The molecule has 0 unspecified atom stereocenters. The summed E-state index contributed by atoms with van der Waals surface area (Å²) >= 11 is 0. The zero-order valence-corrected chi connectivity index (χ0v) is 12.5. The van der Waals surface area contributed by atoms with Crippen LogP contribution in [0.5, 0.6) is 5.88 Å². The molecular weight excluding hydrogens is 299 g/mol. The third-order valence-corrected chi connectivity index (χ3v) is 4.31. The first-order valence-corrected chi connectivity index (χ1v) is 7.75. The van der Waals surface area contributed by atoms with E-state index in [9.17, 15) is 4.39 Å². The van der Waals surface area contributed by atoms with Gasteiger partial charge < -0.3 is 14.4 Å². The van der Waals surface area contributed by atoms with E-state index in [-0.39, 0.29) is 18.2 Å². The quantitative estimate of drug-likeness (QED) is 0.861. The summed E-state index contributed by atoms with van der Waals surface area (Å²) < 4.78 is 25.0. The number of hydrogen-bond acceptors (Lipinski definition) is 6. The summed E-state index contributed by atoms with van der Waals surface area (Å²) in [5.41, 5.74) is 0. The Balaban J connectivity index is 1.51. The molecule has 3 heterocycles. The largest absolute Gasteiger partial charge is 0.471 e. The van der Waals surface area contributed by atoms with Gasteiger partial charge in [-0.15, -0.1) is 0 Å². The molecule has 120 valence electrons. The maximum absolute atomic E-state index is 13.0. The van der Waals surface area contributed by atoms with E-state index in [1.807, 2.05) is 18.2 Å². The van der Waals surface area contributed by atoms with E-state index in [0.29, 0.717) is 25.0 Å². The standard InChI is InChI=1S/C16H17FN4O2/c17-11-9-19-16(20-10-11)21-7-8-22-15-12(21)4-5-13(15)23-14-3-1-2-6-18-14/h1-3,6,9-10,12-13,15H,4-5,7-8H2/t12-,13-,15-/m1/s1. The van der Waals surface area contributed by atoms with Crippen molar-refractivity contribution in [3.05, 3.63) is 42.6 Å². The first kappa shape index (κ1) is 14.3. The smallest absolute Gasteiger partial charge is 0.225 e. The zero-order valence-electron chi connectivity index (χ0n) is 12.5. The summed E-state index contributed by atoms with van der Waals surface area (Å²) in [5.74, 6) is 0.724. The van der Waals surface area contributed by atoms with Crippen molar-refractivity contribution in [3.8, 4) is 5.88 Å². The van der Waals surface area contributed by atoms with Gasteiger partial charge >= 0.3 is 0 Å². The fourth-order valence-corrected chi connectivity index (χ4v) is 3.32. The number of aromatic nitrogens is 3. The van der Waals surface area contributed by atoms with Crippen LogP contribution < -0.4 is 9.64 Å². The Morgan fingerprint density at radius 1 is 1.17 bits per heavy atom. The molecule has 2 fully saturated rings. The van der Waals surface area contributed by atoms with Gasteiger partial charge in [0, 0.05) is 18.8 Å². The Labute approximate surface area is 133 Å². The molecule has 0 amide bonds. The van der Waals surface area contributed by atoms with Gasteiger partial charge in [0.15, 0.2) is 5.82 Å². The van der Waals surface area contributed by atoms with Crippen molar-refractivity contribution in [2.45, 2.75) is 31.1 Å². The summed E-state index contributed by atoms with van der Waals surface area (Å²) in [6, 6.07) is 5.74. The molecule has 2 aromatic heterocycles. The van der Waals surface area contributed by atoms with Gasteiger partial charge in [-0.3, -0.25) is 0 Å². The molecular formula is C16H17FN4O2. The van der Waals surface area contributed by atoms with Gasteiger partial charge in [-0.2, -0.15) is 0 Å². The molecule has 2 aromatic rings. The Morgan fingerprint density at radius 2 is 2.04 bits per heavy atom. The fourth-order valence-electron chi connectivity index (χ4n) is 3.32. The summed E-state index contributed by atoms with van der Waals surface area (Å²) in [4.78, 5) is 14.5. The van der Waals surface area contributed by atoms with Crippen LogP contribution in [-0.2, 0) is 4.74 Å². The predicted molar refractivity (Wildman–Crippen MR) is 80.8 cm³/mol. The minimum atomic E-state index is -0.429. The second-order valence-electron chi connectivity index (χ2n) is 5.70. The van der Waals surface area contributed by atoms with Gasteiger partial charge in [0.05, 0.1) is 25.0 Å². The minimum Gasteiger partial charge on any atom is -0.471 e. The SMILES string of the molecule is Fc1cnc(N2CCO[C@@H]3[C@H]2CC[C@H]3Oc2ccccn2)nc1. The fraction of sp³-hybridized carbons (Fsp3) is 0.438. The molecule has 0 N–H and O–H groups in total. The third-order valence-electron chi connectivity index (χ3n) is 4.31. The van der Waals surface area contributed by atoms with Gasteiger partial charge in [-0.1, -0.05) is 6.07 Å². The molecule has 1 saturated heterocycles. The number of nitrogens with zero attached hydrogens (tertiary/aromatic N) is 4. The summed E-state index contributed by atoms with van der Waals surface area (Å²) in [6.07, 6.45) is 5.81. The molecule has 1 saturated carbocycles. The molecule has 0 aromatic carbocycles.